The number of anilines is 2. The van der Waals surface area contributed by atoms with E-state index in [9.17, 15) is 24.5 Å². The van der Waals surface area contributed by atoms with E-state index in [-0.39, 0.29) is 36.4 Å². The van der Waals surface area contributed by atoms with E-state index in [2.05, 4.69) is 10.7 Å². The van der Waals surface area contributed by atoms with Gasteiger partial charge in [-0.15, -0.1) is 0 Å². The highest BCUT2D eigenvalue weighted by molar-refractivity contribution is 6.05. The highest BCUT2D eigenvalue weighted by Crippen LogP contribution is 2.27. The van der Waals surface area contributed by atoms with Crippen LogP contribution in [0.3, 0.4) is 0 Å². The molecule has 0 spiro atoms. The Morgan fingerprint density at radius 2 is 1.71 bits per heavy atom. The van der Waals surface area contributed by atoms with Crippen LogP contribution < -0.4 is 15.6 Å². The molecule has 10 nitrogen and oxygen atoms in total. The minimum Gasteiger partial charge on any atom is -0.326 e. The maximum atomic E-state index is 12.8. The van der Waals surface area contributed by atoms with Gasteiger partial charge in [0.05, 0.1) is 10.8 Å². The quantitative estimate of drug-likeness (QED) is 0.430. The molecule has 0 saturated carbocycles. The molecule has 2 aromatic carbocycles. The van der Waals surface area contributed by atoms with Gasteiger partial charge >= 0.3 is 0 Å². The number of nitro groups is 1. The second-order valence-corrected chi connectivity index (χ2v) is 8.14. The Kier molecular flexibility index (Phi) is 6.13. The molecule has 1 fully saturated rings. The third-order valence-electron chi connectivity index (χ3n) is 5.74. The van der Waals surface area contributed by atoms with E-state index in [1.54, 1.807) is 28.9 Å². The first-order valence-corrected chi connectivity index (χ1v) is 10.6. The minimum atomic E-state index is -0.592. The summed E-state index contributed by atoms with van der Waals surface area (Å²) in [5.41, 5.74) is 5.84. The predicted octanol–water partition coefficient (Wildman–Crippen LogP) is 3.39. The van der Waals surface area contributed by atoms with Crippen molar-refractivity contribution in [2.24, 2.45) is 5.92 Å². The summed E-state index contributed by atoms with van der Waals surface area (Å²) in [5, 5.41) is 13.6. The largest absolute Gasteiger partial charge is 0.326 e. The van der Waals surface area contributed by atoms with Crippen LogP contribution in [-0.4, -0.2) is 33.9 Å². The molecule has 2 heterocycles. The molecule has 2 N–H and O–H groups in total. The average Bonchev–Trinajstić information content (AvgIpc) is 3.36. The SMILES string of the molecule is Cc1ccc(C)n1NC(=O)c1cccc(NC(=O)[C@H]2CC(=O)N(c3ccc([N+](=O)[O-])cc3)C2)c1. The topological polar surface area (TPSA) is 127 Å². The van der Waals surface area contributed by atoms with Crippen LogP contribution in [0, 0.1) is 29.9 Å². The molecule has 3 aromatic rings. The van der Waals surface area contributed by atoms with E-state index in [1.807, 2.05) is 26.0 Å². The molecule has 0 aliphatic carbocycles. The molecule has 34 heavy (non-hydrogen) atoms. The Balaban J connectivity index is 1.41. The molecular weight excluding hydrogens is 438 g/mol. The van der Waals surface area contributed by atoms with Crippen LogP contribution in [0.25, 0.3) is 0 Å². The van der Waals surface area contributed by atoms with Crippen LogP contribution in [0.15, 0.2) is 60.7 Å². The normalized spacial score (nSPS) is 15.3. The Morgan fingerprint density at radius 3 is 2.35 bits per heavy atom. The van der Waals surface area contributed by atoms with Crippen LogP contribution in [0.2, 0.25) is 0 Å². The summed E-state index contributed by atoms with van der Waals surface area (Å²) in [6.45, 7) is 3.93. The van der Waals surface area contributed by atoms with Crippen molar-refractivity contribution in [2.75, 3.05) is 22.2 Å². The number of rotatable bonds is 6. The molecule has 1 atom stereocenters. The molecule has 1 saturated heterocycles. The van der Waals surface area contributed by atoms with Crippen LogP contribution in [0.1, 0.15) is 28.2 Å². The number of nitrogens with zero attached hydrogens (tertiary/aromatic N) is 3. The first-order valence-electron chi connectivity index (χ1n) is 10.6. The van der Waals surface area contributed by atoms with Gasteiger partial charge in [-0.2, -0.15) is 0 Å². The number of non-ortho nitro benzene ring substituents is 1. The Bertz CT molecular complexity index is 1260. The fourth-order valence-electron chi connectivity index (χ4n) is 3.88. The van der Waals surface area contributed by atoms with Gasteiger partial charge in [-0.1, -0.05) is 6.07 Å². The van der Waals surface area contributed by atoms with E-state index in [0.29, 0.717) is 16.9 Å². The zero-order valence-electron chi connectivity index (χ0n) is 18.6. The molecule has 174 valence electrons. The van der Waals surface area contributed by atoms with E-state index in [0.717, 1.165) is 11.4 Å². The van der Waals surface area contributed by atoms with Gasteiger partial charge in [0.15, 0.2) is 0 Å². The highest BCUT2D eigenvalue weighted by Gasteiger charge is 2.35. The molecule has 1 aliphatic rings. The van der Waals surface area contributed by atoms with Crippen LogP contribution in [0.5, 0.6) is 0 Å². The standard InChI is InChI=1S/C24H23N5O5/c1-15-6-7-16(2)28(15)26-24(32)17-4-3-5-19(12-17)25-23(31)18-13-22(30)27(14-18)20-8-10-21(11-9-20)29(33)34/h3-12,18H,13-14H2,1-2H3,(H,25,31)(H,26,32)/t18-/m0/s1. The first-order chi connectivity index (χ1) is 16.2. The Hall–Kier alpha value is -4.47. The zero-order valence-corrected chi connectivity index (χ0v) is 18.6. The molecule has 10 heteroatoms. The summed E-state index contributed by atoms with van der Waals surface area (Å²) >= 11 is 0. The van der Waals surface area contributed by atoms with Crippen molar-refractivity contribution in [1.29, 1.82) is 0 Å². The predicted molar refractivity (Wildman–Crippen MR) is 126 cm³/mol. The van der Waals surface area contributed by atoms with Gasteiger partial charge in [-0.05, 0) is 56.3 Å². The van der Waals surface area contributed by atoms with Crippen molar-refractivity contribution < 1.29 is 19.3 Å². The summed E-state index contributed by atoms with van der Waals surface area (Å²) in [5.74, 6) is -1.49. The van der Waals surface area contributed by atoms with Crippen molar-refractivity contribution in [3.63, 3.8) is 0 Å². The highest BCUT2D eigenvalue weighted by atomic mass is 16.6. The number of nitro benzene ring substituents is 1. The molecule has 1 aliphatic heterocycles. The van der Waals surface area contributed by atoms with Gasteiger partial charge < -0.3 is 10.2 Å². The van der Waals surface area contributed by atoms with E-state index in [4.69, 9.17) is 0 Å². The molecule has 3 amide bonds. The zero-order chi connectivity index (χ0) is 24.4. The number of aromatic nitrogens is 1. The Labute approximate surface area is 195 Å². The van der Waals surface area contributed by atoms with E-state index >= 15 is 0 Å². The van der Waals surface area contributed by atoms with Crippen molar-refractivity contribution in [2.45, 2.75) is 20.3 Å². The maximum Gasteiger partial charge on any atom is 0.270 e. The summed E-state index contributed by atoms with van der Waals surface area (Å²) in [6, 6.07) is 16.0. The number of aryl methyl sites for hydroxylation is 2. The van der Waals surface area contributed by atoms with Crippen LogP contribution in [-0.2, 0) is 9.59 Å². The van der Waals surface area contributed by atoms with Crippen LogP contribution in [0.4, 0.5) is 17.1 Å². The van der Waals surface area contributed by atoms with Crippen molar-refractivity contribution in [1.82, 2.24) is 4.68 Å². The number of hydrogen-bond donors (Lipinski definition) is 2. The fraction of sp³-hybridized carbons (Fsp3) is 0.208. The van der Waals surface area contributed by atoms with Crippen LogP contribution >= 0.6 is 0 Å². The molecular formula is C24H23N5O5. The average molecular weight is 461 g/mol. The maximum absolute atomic E-state index is 12.8. The number of carbonyl (C=O) groups is 3. The van der Waals surface area contributed by atoms with Gasteiger partial charge in [0, 0.05) is 53.4 Å². The van der Waals surface area contributed by atoms with Gasteiger partial charge in [0.2, 0.25) is 11.8 Å². The number of carbonyl (C=O) groups excluding carboxylic acids is 3. The smallest absolute Gasteiger partial charge is 0.270 e. The molecule has 0 bridgehead atoms. The lowest BCUT2D eigenvalue weighted by atomic mass is 10.1. The third kappa shape index (κ3) is 4.65. The van der Waals surface area contributed by atoms with Gasteiger partial charge in [0.25, 0.3) is 11.6 Å². The van der Waals surface area contributed by atoms with Crippen molar-refractivity contribution in [3.05, 3.63) is 87.7 Å². The molecule has 0 unspecified atom stereocenters. The Morgan fingerprint density at radius 1 is 1.03 bits per heavy atom. The summed E-state index contributed by atoms with van der Waals surface area (Å²) in [4.78, 5) is 49.7. The molecule has 0 radical (unpaired) electrons. The third-order valence-corrected chi connectivity index (χ3v) is 5.74. The molecule has 1 aromatic heterocycles. The van der Waals surface area contributed by atoms with Crippen molar-refractivity contribution >= 4 is 34.8 Å². The van der Waals surface area contributed by atoms with Gasteiger partial charge in [-0.25, -0.2) is 0 Å². The van der Waals surface area contributed by atoms with Crippen molar-refractivity contribution in [3.8, 4) is 0 Å². The summed E-state index contributed by atoms with van der Waals surface area (Å²) in [6.07, 6.45) is 0.0230. The number of amides is 3. The molecule has 4 rings (SSSR count). The second-order valence-electron chi connectivity index (χ2n) is 8.14. The minimum absolute atomic E-state index is 0.0230. The first kappa shape index (κ1) is 22.7. The number of nitrogens with one attached hydrogen (secondary N) is 2. The van der Waals surface area contributed by atoms with E-state index in [1.165, 1.54) is 29.2 Å². The lowest BCUT2D eigenvalue weighted by Crippen LogP contribution is -2.28. The second kappa shape index (κ2) is 9.18. The number of hydrogen-bond acceptors (Lipinski definition) is 5. The monoisotopic (exact) mass is 461 g/mol. The van der Waals surface area contributed by atoms with E-state index < -0.39 is 10.8 Å². The lowest BCUT2D eigenvalue weighted by molar-refractivity contribution is -0.384. The summed E-state index contributed by atoms with van der Waals surface area (Å²) < 4.78 is 1.69. The lowest BCUT2D eigenvalue weighted by Gasteiger charge is -2.16. The fourth-order valence-corrected chi connectivity index (χ4v) is 3.88. The summed E-state index contributed by atoms with van der Waals surface area (Å²) in [7, 11) is 0. The number of benzene rings is 2. The van der Waals surface area contributed by atoms with Gasteiger partial charge in [-0.3, -0.25) is 34.6 Å². The van der Waals surface area contributed by atoms with Gasteiger partial charge in [0.1, 0.15) is 0 Å².